The second-order valence-corrected chi connectivity index (χ2v) is 14.2. The van der Waals surface area contributed by atoms with E-state index in [0.717, 1.165) is 65.1 Å². The number of hydrogen-bond donors (Lipinski definition) is 0. The van der Waals surface area contributed by atoms with Gasteiger partial charge < -0.3 is 9.64 Å². The van der Waals surface area contributed by atoms with Crippen molar-refractivity contribution in [1.29, 1.82) is 0 Å². The number of fused-ring (bicyclic) bond motifs is 3. The summed E-state index contributed by atoms with van der Waals surface area (Å²) in [6.45, 7) is 15.0. The van der Waals surface area contributed by atoms with Crippen molar-refractivity contribution in [2.75, 3.05) is 4.90 Å². The van der Waals surface area contributed by atoms with Crippen LogP contribution in [0, 0.1) is 18.8 Å². The van der Waals surface area contributed by atoms with Crippen LogP contribution >= 0.6 is 0 Å². The highest BCUT2D eigenvalue weighted by atomic mass is 16.5. The second-order valence-electron chi connectivity index (χ2n) is 14.2. The molecule has 5 aliphatic carbocycles. The van der Waals surface area contributed by atoms with Crippen molar-refractivity contribution in [3.63, 3.8) is 0 Å². The third kappa shape index (κ3) is 6.69. The molecule has 0 saturated heterocycles. The summed E-state index contributed by atoms with van der Waals surface area (Å²) >= 11 is 0. The molecular formula is C51H45NO. The normalized spacial score (nSPS) is 20.3. The summed E-state index contributed by atoms with van der Waals surface area (Å²) in [5, 5.41) is 0. The predicted molar refractivity (Wildman–Crippen MR) is 226 cm³/mol. The van der Waals surface area contributed by atoms with Gasteiger partial charge in [0.25, 0.3) is 0 Å². The molecule has 0 radical (unpaired) electrons. The number of ether oxygens (including phenoxy) is 1. The van der Waals surface area contributed by atoms with Crippen LogP contribution in [-0.2, 0) is 0 Å². The van der Waals surface area contributed by atoms with Gasteiger partial charge in [-0.3, -0.25) is 0 Å². The van der Waals surface area contributed by atoms with Gasteiger partial charge in [-0.15, -0.1) is 0 Å². The highest BCUT2D eigenvalue weighted by molar-refractivity contribution is 5.87. The maximum atomic E-state index is 6.07. The lowest BCUT2D eigenvalue weighted by Gasteiger charge is -2.30. The zero-order valence-electron chi connectivity index (χ0n) is 30.5. The second kappa shape index (κ2) is 14.9. The molecule has 8 rings (SSSR count). The Morgan fingerprint density at radius 3 is 2.70 bits per heavy atom. The molecule has 1 aliphatic heterocycles. The number of rotatable bonds is 11. The molecule has 0 aromatic heterocycles. The van der Waals surface area contributed by atoms with E-state index >= 15 is 0 Å². The summed E-state index contributed by atoms with van der Waals surface area (Å²) in [6, 6.07) is 13.0. The van der Waals surface area contributed by atoms with Gasteiger partial charge in [-0.2, -0.15) is 0 Å². The Balaban J connectivity index is 1.11. The minimum absolute atomic E-state index is 0.255. The largest absolute Gasteiger partial charge is 0.465 e. The fraction of sp³-hybridized carbons (Fsp3) is 0.137. The fourth-order valence-corrected chi connectivity index (χ4v) is 8.26. The summed E-state index contributed by atoms with van der Waals surface area (Å²) in [4.78, 5) is 2.37. The fourth-order valence-electron chi connectivity index (χ4n) is 8.26. The number of hydrogen-bond acceptors (Lipinski definition) is 2. The molecule has 0 amide bonds. The predicted octanol–water partition coefficient (Wildman–Crippen LogP) is 13.3. The highest BCUT2D eigenvalue weighted by Gasteiger charge is 2.34. The van der Waals surface area contributed by atoms with Crippen molar-refractivity contribution in [3.8, 4) is 5.75 Å². The molecule has 0 spiro atoms. The number of nitrogens with zero attached hydrogens (tertiary/aromatic N) is 1. The molecule has 0 N–H and O–H groups in total. The molecule has 1 atom stereocenters. The van der Waals surface area contributed by atoms with Gasteiger partial charge in [-0.05, 0) is 118 Å². The van der Waals surface area contributed by atoms with E-state index in [2.05, 4.69) is 153 Å². The molecule has 2 aromatic carbocycles. The smallest absolute Gasteiger partial charge is 0.136 e. The van der Waals surface area contributed by atoms with Crippen LogP contribution in [-0.4, -0.2) is 0 Å². The molecule has 0 bridgehead atoms. The molecule has 260 valence electrons. The number of allylic oxidation sites excluding steroid dienone is 27. The maximum absolute atomic E-state index is 6.07. The molecule has 2 aromatic rings. The van der Waals surface area contributed by atoms with Crippen LogP contribution in [0.1, 0.15) is 42.4 Å². The van der Waals surface area contributed by atoms with Crippen molar-refractivity contribution in [2.24, 2.45) is 11.8 Å². The lowest BCUT2D eigenvalue weighted by Crippen LogP contribution is -2.18. The van der Waals surface area contributed by atoms with Gasteiger partial charge in [0.15, 0.2) is 0 Å². The van der Waals surface area contributed by atoms with Crippen LogP contribution in [0.4, 0.5) is 11.4 Å². The zero-order chi connectivity index (χ0) is 36.3. The molecular weight excluding hydrogens is 643 g/mol. The van der Waals surface area contributed by atoms with E-state index in [1.807, 2.05) is 24.3 Å². The Labute approximate surface area is 315 Å². The average molecular weight is 688 g/mol. The Kier molecular flexibility index (Phi) is 9.53. The van der Waals surface area contributed by atoms with Crippen LogP contribution in [0.2, 0.25) is 0 Å². The first-order valence-electron chi connectivity index (χ1n) is 18.6. The first-order chi connectivity index (χ1) is 26.0. The lowest BCUT2D eigenvalue weighted by atomic mass is 9.88. The van der Waals surface area contributed by atoms with Gasteiger partial charge in [-0.1, -0.05) is 135 Å². The third-order valence-corrected chi connectivity index (χ3v) is 10.8. The first-order valence-corrected chi connectivity index (χ1v) is 18.6. The summed E-state index contributed by atoms with van der Waals surface area (Å²) in [6.07, 6.45) is 47.1. The zero-order valence-corrected chi connectivity index (χ0v) is 30.5. The number of aryl methyl sites for hydroxylation is 1. The lowest BCUT2D eigenvalue weighted by molar-refractivity contribution is 0.481. The van der Waals surface area contributed by atoms with Gasteiger partial charge >= 0.3 is 0 Å². The van der Waals surface area contributed by atoms with Gasteiger partial charge in [0.05, 0.1) is 11.9 Å². The summed E-state index contributed by atoms with van der Waals surface area (Å²) < 4.78 is 6.07. The number of anilines is 2. The maximum Gasteiger partial charge on any atom is 0.136 e. The van der Waals surface area contributed by atoms with E-state index in [1.54, 1.807) is 12.3 Å². The minimum Gasteiger partial charge on any atom is -0.465 e. The van der Waals surface area contributed by atoms with Crippen molar-refractivity contribution in [3.05, 3.63) is 234 Å². The molecule has 1 unspecified atom stereocenters. The number of benzene rings is 2. The van der Waals surface area contributed by atoms with E-state index in [-0.39, 0.29) is 5.92 Å². The highest BCUT2D eigenvalue weighted by Crippen LogP contribution is 2.50. The standard InChI is InChI=1S/C51H45NO/c1-5-6-7-8-16-38-26-28-42(33-38)52(49-23-13-24-50-51(49)36(3)15-14-31-53-50)41-29-30-43(37(4)32-41)35(2)25-27-40(39-17-9-10-18-39)34-48-46-21-11-19-44(46)45-20-12-22-47(45)48/h5-11,13-14,16-20,22-32,34,39,48H,1-3,12,15,21,33H2,4H3/b7-6-,16-8-,27-25-,40-34?. The van der Waals surface area contributed by atoms with Gasteiger partial charge in [-0.25, -0.2) is 0 Å². The van der Waals surface area contributed by atoms with Crippen molar-refractivity contribution in [2.45, 2.75) is 32.6 Å². The van der Waals surface area contributed by atoms with Crippen molar-refractivity contribution in [1.82, 2.24) is 0 Å². The van der Waals surface area contributed by atoms with E-state index in [1.165, 1.54) is 44.7 Å². The molecule has 0 fully saturated rings. The molecule has 2 nitrogen and oxygen atoms in total. The Morgan fingerprint density at radius 2 is 1.85 bits per heavy atom. The molecule has 1 heterocycles. The van der Waals surface area contributed by atoms with Crippen LogP contribution in [0.5, 0.6) is 5.75 Å². The molecule has 2 heteroatoms. The summed E-state index contributed by atoms with van der Waals surface area (Å²) in [5.41, 5.74) is 17.2. The van der Waals surface area contributed by atoms with Crippen LogP contribution in [0.25, 0.3) is 11.1 Å². The molecule has 6 aliphatic rings. The minimum atomic E-state index is 0.255. The van der Waals surface area contributed by atoms with E-state index < -0.39 is 0 Å². The Hall–Kier alpha value is -6.12. The molecule has 53 heavy (non-hydrogen) atoms. The summed E-state index contributed by atoms with van der Waals surface area (Å²) in [5.74, 6) is 1.41. The third-order valence-electron chi connectivity index (χ3n) is 10.8. The Bertz CT molecular complexity index is 2310. The quantitative estimate of drug-likeness (QED) is 0.218. The van der Waals surface area contributed by atoms with Crippen LogP contribution < -0.4 is 9.64 Å². The molecule has 0 saturated carbocycles. The summed E-state index contributed by atoms with van der Waals surface area (Å²) in [7, 11) is 0. The first kappa shape index (κ1) is 34.0. The van der Waals surface area contributed by atoms with E-state index in [0.29, 0.717) is 5.92 Å². The van der Waals surface area contributed by atoms with Gasteiger partial charge in [0.2, 0.25) is 0 Å². The van der Waals surface area contributed by atoms with E-state index in [9.17, 15) is 0 Å². The van der Waals surface area contributed by atoms with Gasteiger partial charge in [0, 0.05) is 35.2 Å². The van der Waals surface area contributed by atoms with Crippen LogP contribution in [0.15, 0.2) is 217 Å². The van der Waals surface area contributed by atoms with E-state index in [4.69, 9.17) is 4.74 Å². The monoisotopic (exact) mass is 687 g/mol. The Morgan fingerprint density at radius 1 is 0.962 bits per heavy atom. The average Bonchev–Trinajstić information content (AvgIpc) is 4.01. The SMILES string of the molecule is C=C/C=C\C=C/C1=CC=C(N(c2ccc(C(=C)/C=C\C(=CC3C4=CCC=C4C4=C3CC=C4)C3C=CC=C3)c(C)c2)c2cccc3c2C(=C)CC=CO3)C1. The topological polar surface area (TPSA) is 12.5 Å². The van der Waals surface area contributed by atoms with Gasteiger partial charge in [0.1, 0.15) is 5.75 Å². The van der Waals surface area contributed by atoms with Crippen molar-refractivity contribution < 1.29 is 4.74 Å². The van der Waals surface area contributed by atoms with Crippen molar-refractivity contribution >= 4 is 22.5 Å². The van der Waals surface area contributed by atoms with Crippen LogP contribution in [0.3, 0.4) is 0 Å².